The molecule has 1 aliphatic rings. The molecular weight excluding hydrogens is 343 g/mol. The van der Waals surface area contributed by atoms with E-state index < -0.39 is 5.83 Å². The average molecular weight is 359 g/mol. The van der Waals surface area contributed by atoms with Crippen LogP contribution in [0.4, 0.5) is 15.9 Å². The molecule has 2 aromatic rings. The van der Waals surface area contributed by atoms with Gasteiger partial charge in [-0.3, -0.25) is 4.98 Å². The van der Waals surface area contributed by atoms with Crippen molar-refractivity contribution in [3.8, 4) is 5.75 Å². The fraction of sp³-hybridized carbons (Fsp3) is 0.167. The van der Waals surface area contributed by atoms with Crippen molar-refractivity contribution >= 4 is 28.7 Å². The summed E-state index contributed by atoms with van der Waals surface area (Å²) in [6, 6.07) is 1.82. The molecule has 0 bridgehead atoms. The van der Waals surface area contributed by atoms with Gasteiger partial charge in [0.1, 0.15) is 5.83 Å². The quantitative estimate of drug-likeness (QED) is 0.798. The second-order valence-electron chi connectivity index (χ2n) is 5.50. The number of hydrogen-bond acceptors (Lipinski definition) is 5. The summed E-state index contributed by atoms with van der Waals surface area (Å²) < 4.78 is 19.5. The van der Waals surface area contributed by atoms with Crippen LogP contribution in [0.5, 0.6) is 5.75 Å². The Morgan fingerprint density at radius 1 is 1.40 bits per heavy atom. The fourth-order valence-corrected chi connectivity index (χ4v) is 2.54. The van der Waals surface area contributed by atoms with E-state index in [0.717, 1.165) is 11.3 Å². The van der Waals surface area contributed by atoms with Crippen LogP contribution in [0, 0.1) is 6.92 Å². The number of halogens is 2. The first-order valence-electron chi connectivity index (χ1n) is 7.58. The van der Waals surface area contributed by atoms with Crippen molar-refractivity contribution in [1.29, 1.82) is 0 Å². The summed E-state index contributed by atoms with van der Waals surface area (Å²) in [6.07, 6.45) is 5.37. The Labute approximate surface area is 149 Å². The number of nitrogens with zero attached hydrogens (tertiary/aromatic N) is 3. The Hall–Kier alpha value is -2.73. The zero-order valence-corrected chi connectivity index (χ0v) is 14.4. The van der Waals surface area contributed by atoms with Crippen LogP contribution in [0.1, 0.15) is 17.1 Å². The third kappa shape index (κ3) is 3.69. The number of anilines is 2. The maximum atomic E-state index is 13.9. The lowest BCUT2D eigenvalue weighted by Crippen LogP contribution is -2.04. The molecular formula is C18H16ClFN4O. The van der Waals surface area contributed by atoms with Gasteiger partial charge >= 0.3 is 0 Å². The van der Waals surface area contributed by atoms with E-state index in [2.05, 4.69) is 33.4 Å². The largest absolute Gasteiger partial charge is 0.487 e. The Balaban J connectivity index is 2.10. The lowest BCUT2D eigenvalue weighted by molar-refractivity contribution is 0.357. The molecule has 25 heavy (non-hydrogen) atoms. The SMILES string of the molecule is C=C(Cl)/C=C(\C(=C)F)c1nc2c(c(Nc3ccncc3C)n1)OCC2. The molecule has 2 aromatic heterocycles. The fourth-order valence-electron chi connectivity index (χ4n) is 2.43. The minimum Gasteiger partial charge on any atom is -0.487 e. The van der Waals surface area contributed by atoms with Gasteiger partial charge in [-0.15, -0.1) is 0 Å². The van der Waals surface area contributed by atoms with Crippen molar-refractivity contribution in [3.63, 3.8) is 0 Å². The third-order valence-electron chi connectivity index (χ3n) is 3.63. The standard InChI is InChI=1S/C18H16ClFN4O/c1-10-9-21-6-4-14(10)22-18-16-15(5-7-25-16)23-17(24-18)13(12(3)20)8-11(2)19/h4,6,8-9H,2-3,5,7H2,1H3,(H,21,22,23,24)/b13-8+. The van der Waals surface area contributed by atoms with Gasteiger partial charge in [0, 0.05) is 29.5 Å². The molecule has 0 radical (unpaired) electrons. The summed E-state index contributed by atoms with van der Waals surface area (Å²) in [4.78, 5) is 12.9. The minimum atomic E-state index is -0.688. The Morgan fingerprint density at radius 3 is 2.88 bits per heavy atom. The van der Waals surface area contributed by atoms with Crippen molar-refractivity contribution in [2.75, 3.05) is 11.9 Å². The first-order chi connectivity index (χ1) is 12.0. The van der Waals surface area contributed by atoms with E-state index in [0.29, 0.717) is 30.3 Å². The third-order valence-corrected chi connectivity index (χ3v) is 3.74. The first-order valence-corrected chi connectivity index (χ1v) is 7.96. The molecule has 7 heteroatoms. The molecule has 0 saturated carbocycles. The summed E-state index contributed by atoms with van der Waals surface area (Å²) in [7, 11) is 0. The van der Waals surface area contributed by atoms with Crippen LogP contribution in [0.15, 0.2) is 48.6 Å². The minimum absolute atomic E-state index is 0.0872. The molecule has 0 aliphatic carbocycles. The van der Waals surface area contributed by atoms with Gasteiger partial charge in [-0.2, -0.15) is 0 Å². The molecule has 3 heterocycles. The first kappa shape index (κ1) is 17.1. The monoisotopic (exact) mass is 358 g/mol. The van der Waals surface area contributed by atoms with Gasteiger partial charge in [-0.05, 0) is 24.6 Å². The lowest BCUT2D eigenvalue weighted by atomic mass is 10.2. The van der Waals surface area contributed by atoms with E-state index in [4.69, 9.17) is 16.3 Å². The summed E-state index contributed by atoms with van der Waals surface area (Å²) in [5, 5.41) is 3.37. The summed E-state index contributed by atoms with van der Waals surface area (Å²) in [5.74, 6) is 0.507. The number of allylic oxidation sites excluding steroid dienone is 4. The van der Waals surface area contributed by atoms with Crippen molar-refractivity contribution < 1.29 is 9.13 Å². The Bertz CT molecular complexity index is 895. The van der Waals surface area contributed by atoms with Gasteiger partial charge in [0.25, 0.3) is 0 Å². The summed E-state index contributed by atoms with van der Waals surface area (Å²) in [5.41, 5.74) is 2.55. The molecule has 128 valence electrons. The number of hydrogen-bond donors (Lipinski definition) is 1. The molecule has 0 fully saturated rings. The predicted molar refractivity (Wildman–Crippen MR) is 96.7 cm³/mol. The molecule has 0 amide bonds. The second kappa shape index (κ2) is 7.03. The highest BCUT2D eigenvalue weighted by atomic mass is 35.5. The van der Waals surface area contributed by atoms with E-state index >= 15 is 0 Å². The number of ether oxygens (including phenoxy) is 1. The number of aromatic nitrogens is 3. The topological polar surface area (TPSA) is 59.9 Å². The molecule has 0 spiro atoms. The molecule has 0 aromatic carbocycles. The summed E-state index contributed by atoms with van der Waals surface area (Å²) >= 11 is 5.79. The van der Waals surface area contributed by atoms with E-state index in [1.165, 1.54) is 6.08 Å². The van der Waals surface area contributed by atoms with Crippen LogP contribution in [0.3, 0.4) is 0 Å². The molecule has 3 rings (SSSR count). The zero-order valence-electron chi connectivity index (χ0n) is 13.6. The van der Waals surface area contributed by atoms with E-state index in [1.54, 1.807) is 12.4 Å². The highest BCUT2D eigenvalue weighted by molar-refractivity contribution is 6.31. The number of aryl methyl sites for hydroxylation is 1. The highest BCUT2D eigenvalue weighted by Gasteiger charge is 2.23. The van der Waals surface area contributed by atoms with Crippen LogP contribution in [0.25, 0.3) is 5.57 Å². The number of nitrogens with one attached hydrogen (secondary N) is 1. The number of fused-ring (bicyclic) bond motifs is 1. The summed E-state index contributed by atoms with van der Waals surface area (Å²) in [6.45, 7) is 9.30. The van der Waals surface area contributed by atoms with Crippen LogP contribution in [0.2, 0.25) is 0 Å². The van der Waals surface area contributed by atoms with Gasteiger partial charge in [0.15, 0.2) is 17.4 Å². The smallest absolute Gasteiger partial charge is 0.183 e. The van der Waals surface area contributed by atoms with Gasteiger partial charge in [0.2, 0.25) is 0 Å². The van der Waals surface area contributed by atoms with Gasteiger partial charge in [0.05, 0.1) is 17.9 Å². The van der Waals surface area contributed by atoms with Crippen LogP contribution in [-0.2, 0) is 6.42 Å². The Kier molecular flexibility index (Phi) is 4.81. The molecule has 0 unspecified atom stereocenters. The van der Waals surface area contributed by atoms with E-state index in [1.807, 2.05) is 13.0 Å². The van der Waals surface area contributed by atoms with Gasteiger partial charge in [-0.1, -0.05) is 24.8 Å². The second-order valence-corrected chi connectivity index (χ2v) is 5.98. The molecule has 1 N–H and O–H groups in total. The van der Waals surface area contributed by atoms with Crippen molar-refractivity contribution in [2.45, 2.75) is 13.3 Å². The predicted octanol–water partition coefficient (Wildman–Crippen LogP) is 4.48. The van der Waals surface area contributed by atoms with E-state index in [9.17, 15) is 4.39 Å². The Morgan fingerprint density at radius 2 is 2.20 bits per heavy atom. The lowest BCUT2D eigenvalue weighted by Gasteiger charge is -2.13. The molecule has 5 nitrogen and oxygen atoms in total. The maximum Gasteiger partial charge on any atom is 0.183 e. The molecule has 0 saturated heterocycles. The van der Waals surface area contributed by atoms with Crippen LogP contribution >= 0.6 is 11.6 Å². The van der Waals surface area contributed by atoms with Gasteiger partial charge in [-0.25, -0.2) is 14.4 Å². The average Bonchev–Trinajstić information content (AvgIpc) is 3.03. The van der Waals surface area contributed by atoms with E-state index in [-0.39, 0.29) is 16.4 Å². The van der Waals surface area contributed by atoms with Crippen molar-refractivity contribution in [2.24, 2.45) is 0 Å². The highest BCUT2D eigenvalue weighted by Crippen LogP contribution is 2.35. The van der Waals surface area contributed by atoms with Crippen LogP contribution in [-0.4, -0.2) is 21.6 Å². The molecule has 1 aliphatic heterocycles. The maximum absolute atomic E-state index is 13.9. The number of pyridine rings is 1. The van der Waals surface area contributed by atoms with Crippen LogP contribution < -0.4 is 10.1 Å². The van der Waals surface area contributed by atoms with Crippen molar-refractivity contribution in [1.82, 2.24) is 15.0 Å². The molecule has 0 atom stereocenters. The van der Waals surface area contributed by atoms with Gasteiger partial charge < -0.3 is 10.1 Å². The number of rotatable bonds is 5. The normalized spacial score (nSPS) is 13.2. The van der Waals surface area contributed by atoms with Crippen molar-refractivity contribution in [3.05, 3.63) is 65.6 Å². The zero-order chi connectivity index (χ0) is 18.0.